The Morgan fingerprint density at radius 3 is 2.11 bits per heavy atom. The van der Waals surface area contributed by atoms with Crippen LogP contribution in [0.25, 0.3) is 0 Å². The molecular weight excluding hydrogens is 230 g/mol. The highest BCUT2D eigenvalue weighted by atomic mass is 16.4. The van der Waals surface area contributed by atoms with Crippen molar-refractivity contribution in [2.45, 2.75) is 51.4 Å². The van der Waals surface area contributed by atoms with Crippen molar-refractivity contribution < 1.29 is 14.7 Å². The van der Waals surface area contributed by atoms with Crippen molar-refractivity contribution in [2.75, 3.05) is 6.54 Å². The van der Waals surface area contributed by atoms with Gasteiger partial charge < -0.3 is 10.4 Å². The molecule has 0 bridgehead atoms. The van der Waals surface area contributed by atoms with Crippen LogP contribution in [0.15, 0.2) is 0 Å². The first-order chi connectivity index (χ1) is 8.68. The number of carboxylic acids is 1. The zero-order valence-electron chi connectivity index (χ0n) is 10.9. The summed E-state index contributed by atoms with van der Waals surface area (Å²) >= 11 is 0. The van der Waals surface area contributed by atoms with Gasteiger partial charge in [0.2, 0.25) is 5.91 Å². The van der Waals surface area contributed by atoms with Gasteiger partial charge in [-0.15, -0.1) is 0 Å². The first kappa shape index (κ1) is 13.4. The van der Waals surface area contributed by atoms with E-state index in [1.807, 2.05) is 0 Å². The number of rotatable bonds is 4. The molecule has 2 saturated carbocycles. The van der Waals surface area contributed by atoms with Crippen molar-refractivity contribution in [3.63, 3.8) is 0 Å². The molecule has 4 heteroatoms. The predicted molar refractivity (Wildman–Crippen MR) is 68.1 cm³/mol. The predicted octanol–water partition coefficient (Wildman–Crippen LogP) is 2.18. The first-order valence-corrected chi connectivity index (χ1v) is 7.19. The molecule has 18 heavy (non-hydrogen) atoms. The fourth-order valence-electron chi connectivity index (χ4n) is 3.33. The van der Waals surface area contributed by atoms with E-state index in [2.05, 4.69) is 5.32 Å². The molecule has 0 heterocycles. The van der Waals surface area contributed by atoms with Crippen molar-refractivity contribution in [1.29, 1.82) is 0 Å². The smallest absolute Gasteiger partial charge is 0.307 e. The highest BCUT2D eigenvalue weighted by Crippen LogP contribution is 2.31. The molecule has 0 aromatic rings. The fourth-order valence-corrected chi connectivity index (χ4v) is 3.33. The lowest BCUT2D eigenvalue weighted by molar-refractivity contribution is -0.148. The Balaban J connectivity index is 1.83. The zero-order chi connectivity index (χ0) is 13.0. The number of hydrogen-bond acceptors (Lipinski definition) is 2. The SMILES string of the molecule is O=C(O)[C@H]1CCCC[C@H]1C(=O)NCC1CCCC1. The normalized spacial score (nSPS) is 29.1. The Bertz CT molecular complexity index is 310. The van der Waals surface area contributed by atoms with Crippen molar-refractivity contribution in [3.05, 3.63) is 0 Å². The molecule has 0 spiro atoms. The second kappa shape index (κ2) is 6.21. The lowest BCUT2D eigenvalue weighted by atomic mass is 9.78. The molecule has 2 N–H and O–H groups in total. The molecule has 2 rings (SSSR count). The zero-order valence-corrected chi connectivity index (χ0v) is 10.9. The van der Waals surface area contributed by atoms with E-state index in [1.165, 1.54) is 25.7 Å². The van der Waals surface area contributed by atoms with Crippen LogP contribution in [0.1, 0.15) is 51.4 Å². The topological polar surface area (TPSA) is 66.4 Å². The fraction of sp³-hybridized carbons (Fsp3) is 0.857. The summed E-state index contributed by atoms with van der Waals surface area (Å²) in [5.41, 5.74) is 0. The van der Waals surface area contributed by atoms with Gasteiger partial charge in [0.25, 0.3) is 0 Å². The molecule has 102 valence electrons. The van der Waals surface area contributed by atoms with Gasteiger partial charge in [-0.25, -0.2) is 0 Å². The van der Waals surface area contributed by atoms with E-state index < -0.39 is 11.9 Å². The van der Waals surface area contributed by atoms with E-state index in [9.17, 15) is 9.59 Å². The van der Waals surface area contributed by atoms with Crippen LogP contribution in [-0.4, -0.2) is 23.5 Å². The third-order valence-corrected chi connectivity index (χ3v) is 4.46. The average Bonchev–Trinajstić information content (AvgIpc) is 2.89. The third kappa shape index (κ3) is 3.24. The molecule has 4 nitrogen and oxygen atoms in total. The highest BCUT2D eigenvalue weighted by molar-refractivity contribution is 5.84. The van der Waals surface area contributed by atoms with E-state index in [1.54, 1.807) is 0 Å². The monoisotopic (exact) mass is 253 g/mol. The van der Waals surface area contributed by atoms with Gasteiger partial charge in [-0.3, -0.25) is 9.59 Å². The van der Waals surface area contributed by atoms with Gasteiger partial charge in [-0.2, -0.15) is 0 Å². The van der Waals surface area contributed by atoms with Gasteiger partial charge in [0, 0.05) is 6.54 Å². The Labute approximate surface area is 108 Å². The molecule has 0 radical (unpaired) electrons. The number of nitrogens with one attached hydrogen (secondary N) is 1. The number of amides is 1. The largest absolute Gasteiger partial charge is 0.481 e. The Kier molecular flexibility index (Phi) is 4.61. The minimum Gasteiger partial charge on any atom is -0.481 e. The van der Waals surface area contributed by atoms with Crippen LogP contribution in [0, 0.1) is 17.8 Å². The molecule has 0 saturated heterocycles. The van der Waals surface area contributed by atoms with Crippen molar-refractivity contribution in [3.8, 4) is 0 Å². The lowest BCUT2D eigenvalue weighted by Crippen LogP contribution is -2.41. The molecule has 0 aliphatic heterocycles. The van der Waals surface area contributed by atoms with Gasteiger partial charge in [0.15, 0.2) is 0 Å². The Hall–Kier alpha value is -1.06. The van der Waals surface area contributed by atoms with Crippen LogP contribution in [0.4, 0.5) is 0 Å². The molecular formula is C14H23NO3. The van der Waals surface area contributed by atoms with Crippen LogP contribution in [0.3, 0.4) is 0 Å². The summed E-state index contributed by atoms with van der Waals surface area (Å²) in [6, 6.07) is 0. The summed E-state index contributed by atoms with van der Waals surface area (Å²) in [6.07, 6.45) is 8.23. The maximum atomic E-state index is 12.1. The Morgan fingerprint density at radius 2 is 1.50 bits per heavy atom. The highest BCUT2D eigenvalue weighted by Gasteiger charge is 2.35. The standard InChI is InChI=1S/C14H23NO3/c16-13(15-9-10-5-1-2-6-10)11-7-3-4-8-12(11)14(17)18/h10-12H,1-9H2,(H,15,16)(H,17,18)/t11-,12+/m1/s1. The Morgan fingerprint density at radius 1 is 0.944 bits per heavy atom. The number of carboxylic acid groups (broad SMARTS) is 1. The van der Waals surface area contributed by atoms with Crippen LogP contribution in [0.2, 0.25) is 0 Å². The second-order valence-corrected chi connectivity index (χ2v) is 5.73. The molecule has 2 atom stereocenters. The maximum Gasteiger partial charge on any atom is 0.307 e. The summed E-state index contributed by atoms with van der Waals surface area (Å²) < 4.78 is 0. The van der Waals surface area contributed by atoms with Gasteiger partial charge in [0.1, 0.15) is 0 Å². The summed E-state index contributed by atoms with van der Waals surface area (Å²) in [5.74, 6) is -1.01. The van der Waals surface area contributed by atoms with E-state index in [-0.39, 0.29) is 11.8 Å². The van der Waals surface area contributed by atoms with Gasteiger partial charge in [0.05, 0.1) is 11.8 Å². The molecule has 2 aliphatic carbocycles. The quantitative estimate of drug-likeness (QED) is 0.807. The number of aliphatic carboxylic acids is 1. The molecule has 0 aromatic carbocycles. The van der Waals surface area contributed by atoms with Gasteiger partial charge in [-0.1, -0.05) is 25.7 Å². The third-order valence-electron chi connectivity index (χ3n) is 4.46. The number of carbonyl (C=O) groups is 2. The van der Waals surface area contributed by atoms with E-state index in [0.717, 1.165) is 25.8 Å². The summed E-state index contributed by atoms with van der Waals surface area (Å²) in [5, 5.41) is 12.1. The summed E-state index contributed by atoms with van der Waals surface area (Å²) in [7, 11) is 0. The van der Waals surface area contributed by atoms with Crippen LogP contribution in [0.5, 0.6) is 0 Å². The van der Waals surface area contributed by atoms with E-state index in [0.29, 0.717) is 12.3 Å². The van der Waals surface area contributed by atoms with Crippen LogP contribution < -0.4 is 5.32 Å². The number of hydrogen-bond donors (Lipinski definition) is 2. The second-order valence-electron chi connectivity index (χ2n) is 5.73. The van der Waals surface area contributed by atoms with Crippen LogP contribution in [-0.2, 0) is 9.59 Å². The van der Waals surface area contributed by atoms with Crippen LogP contribution >= 0.6 is 0 Å². The molecule has 1 amide bonds. The maximum absolute atomic E-state index is 12.1. The van der Waals surface area contributed by atoms with E-state index in [4.69, 9.17) is 5.11 Å². The van der Waals surface area contributed by atoms with Gasteiger partial charge >= 0.3 is 5.97 Å². The molecule has 2 fully saturated rings. The average molecular weight is 253 g/mol. The van der Waals surface area contributed by atoms with E-state index >= 15 is 0 Å². The number of carbonyl (C=O) groups excluding carboxylic acids is 1. The molecule has 0 aromatic heterocycles. The minimum atomic E-state index is -0.810. The minimum absolute atomic E-state index is 0.0333. The van der Waals surface area contributed by atoms with Crippen molar-refractivity contribution in [2.24, 2.45) is 17.8 Å². The summed E-state index contributed by atoms with van der Waals surface area (Å²) in [6.45, 7) is 0.738. The first-order valence-electron chi connectivity index (χ1n) is 7.19. The van der Waals surface area contributed by atoms with Crippen molar-refractivity contribution >= 4 is 11.9 Å². The van der Waals surface area contributed by atoms with Gasteiger partial charge in [-0.05, 0) is 31.6 Å². The molecule has 2 aliphatic rings. The lowest BCUT2D eigenvalue weighted by Gasteiger charge is -2.27. The summed E-state index contributed by atoms with van der Waals surface area (Å²) in [4.78, 5) is 23.2. The van der Waals surface area contributed by atoms with Crippen molar-refractivity contribution in [1.82, 2.24) is 5.32 Å². The molecule has 0 unspecified atom stereocenters.